The van der Waals surface area contributed by atoms with Crippen LogP contribution < -0.4 is 10.3 Å². The Morgan fingerprint density at radius 2 is 1.86 bits per heavy atom. The highest BCUT2D eigenvalue weighted by molar-refractivity contribution is 6.12. The fourth-order valence-electron chi connectivity index (χ4n) is 2.45. The fraction of sp³-hybridized carbons (Fsp3) is 0.125. The van der Waals surface area contributed by atoms with Gasteiger partial charge in [0, 0.05) is 5.39 Å². The van der Waals surface area contributed by atoms with Crippen LogP contribution in [0.1, 0.15) is 10.4 Å². The smallest absolute Gasteiger partial charge is 0.339 e. The first-order valence-electron chi connectivity index (χ1n) is 6.37. The second-order valence-electron chi connectivity index (χ2n) is 4.59. The molecule has 106 valence electrons. The summed E-state index contributed by atoms with van der Waals surface area (Å²) in [7, 11) is 2.86. The van der Waals surface area contributed by atoms with Gasteiger partial charge in [-0.3, -0.25) is 4.79 Å². The number of H-pyrrole nitrogens is 1. The minimum Gasteiger partial charge on any atom is -0.497 e. The number of pyridine rings is 1. The van der Waals surface area contributed by atoms with Crippen LogP contribution in [0.4, 0.5) is 0 Å². The van der Waals surface area contributed by atoms with Gasteiger partial charge in [0.05, 0.1) is 30.7 Å². The molecule has 21 heavy (non-hydrogen) atoms. The van der Waals surface area contributed by atoms with Crippen molar-refractivity contribution in [1.29, 1.82) is 0 Å². The molecule has 0 aliphatic heterocycles. The summed E-state index contributed by atoms with van der Waals surface area (Å²) in [5, 5.41) is 2.07. The van der Waals surface area contributed by atoms with E-state index in [9.17, 15) is 9.59 Å². The Bertz CT molecular complexity index is 911. The van der Waals surface area contributed by atoms with Crippen LogP contribution >= 0.6 is 0 Å². The molecule has 0 aliphatic carbocycles. The standard InChI is InChI=1S/C16H13NO4/c1-20-9-6-7-10-11-4-3-5-12(16(19)21-2)14(11)17-15(18)13(10)8-9/h3-8H,1-2H3,(H,17,18). The van der Waals surface area contributed by atoms with Gasteiger partial charge in [0.1, 0.15) is 5.75 Å². The van der Waals surface area contributed by atoms with Crippen molar-refractivity contribution in [2.75, 3.05) is 14.2 Å². The minimum absolute atomic E-state index is 0.271. The van der Waals surface area contributed by atoms with Crippen molar-refractivity contribution < 1.29 is 14.3 Å². The molecular weight excluding hydrogens is 270 g/mol. The van der Waals surface area contributed by atoms with E-state index in [-0.39, 0.29) is 5.56 Å². The summed E-state index contributed by atoms with van der Waals surface area (Å²) in [6.45, 7) is 0. The third-order valence-corrected chi connectivity index (χ3v) is 3.47. The number of rotatable bonds is 2. The maximum absolute atomic E-state index is 12.3. The summed E-state index contributed by atoms with van der Waals surface area (Å²) >= 11 is 0. The first kappa shape index (κ1) is 13.2. The van der Waals surface area contributed by atoms with Crippen LogP contribution in [0.25, 0.3) is 21.7 Å². The molecule has 0 radical (unpaired) electrons. The fourth-order valence-corrected chi connectivity index (χ4v) is 2.45. The first-order valence-corrected chi connectivity index (χ1v) is 6.37. The Kier molecular flexibility index (Phi) is 3.10. The predicted molar refractivity (Wildman–Crippen MR) is 80.0 cm³/mol. The Hall–Kier alpha value is -2.82. The van der Waals surface area contributed by atoms with Crippen LogP contribution in [0.3, 0.4) is 0 Å². The van der Waals surface area contributed by atoms with Gasteiger partial charge in [-0.25, -0.2) is 4.79 Å². The molecule has 0 saturated carbocycles. The monoisotopic (exact) mass is 283 g/mol. The second-order valence-corrected chi connectivity index (χ2v) is 4.59. The normalized spacial score (nSPS) is 10.8. The van der Waals surface area contributed by atoms with E-state index < -0.39 is 5.97 Å². The van der Waals surface area contributed by atoms with Crippen molar-refractivity contribution in [1.82, 2.24) is 4.98 Å². The van der Waals surface area contributed by atoms with E-state index >= 15 is 0 Å². The third-order valence-electron chi connectivity index (χ3n) is 3.47. The SMILES string of the molecule is COC(=O)c1cccc2c1[nH]c(=O)c1cc(OC)ccc12. The average Bonchev–Trinajstić information content (AvgIpc) is 2.53. The average molecular weight is 283 g/mol. The van der Waals surface area contributed by atoms with E-state index in [1.54, 1.807) is 31.4 Å². The van der Waals surface area contributed by atoms with Gasteiger partial charge in [0.2, 0.25) is 0 Å². The van der Waals surface area contributed by atoms with Gasteiger partial charge in [-0.15, -0.1) is 0 Å². The summed E-state index contributed by atoms with van der Waals surface area (Å²) in [5.74, 6) is 0.126. The van der Waals surface area contributed by atoms with E-state index in [0.717, 1.165) is 10.8 Å². The van der Waals surface area contributed by atoms with Crippen LogP contribution in [0, 0.1) is 0 Å². The zero-order valence-electron chi connectivity index (χ0n) is 11.6. The number of carbonyl (C=O) groups is 1. The molecule has 3 aromatic rings. The summed E-state index contributed by atoms with van der Waals surface area (Å²) in [5.41, 5.74) is 0.546. The number of aromatic amines is 1. The number of methoxy groups -OCH3 is 2. The molecular formula is C16H13NO4. The van der Waals surface area contributed by atoms with Gasteiger partial charge in [-0.1, -0.05) is 12.1 Å². The molecule has 0 fully saturated rings. The highest BCUT2D eigenvalue weighted by Gasteiger charge is 2.14. The number of hydrogen-bond acceptors (Lipinski definition) is 4. The molecule has 1 N–H and O–H groups in total. The number of ether oxygens (including phenoxy) is 2. The van der Waals surface area contributed by atoms with Gasteiger partial charge in [0.15, 0.2) is 0 Å². The number of benzene rings is 2. The van der Waals surface area contributed by atoms with Crippen molar-refractivity contribution in [3.05, 3.63) is 52.3 Å². The maximum atomic E-state index is 12.3. The highest BCUT2D eigenvalue weighted by atomic mass is 16.5. The topological polar surface area (TPSA) is 68.4 Å². The zero-order valence-corrected chi connectivity index (χ0v) is 11.6. The molecule has 1 heterocycles. The van der Waals surface area contributed by atoms with Crippen molar-refractivity contribution in [3.8, 4) is 5.75 Å². The molecule has 0 spiro atoms. The zero-order chi connectivity index (χ0) is 15.0. The van der Waals surface area contributed by atoms with Crippen molar-refractivity contribution in [2.24, 2.45) is 0 Å². The quantitative estimate of drug-likeness (QED) is 0.579. The van der Waals surface area contributed by atoms with E-state index in [2.05, 4.69) is 4.98 Å². The highest BCUT2D eigenvalue weighted by Crippen LogP contribution is 2.26. The van der Waals surface area contributed by atoms with Crippen LogP contribution in [-0.4, -0.2) is 25.2 Å². The number of esters is 1. The van der Waals surface area contributed by atoms with E-state index in [4.69, 9.17) is 9.47 Å². The molecule has 0 saturated heterocycles. The molecule has 0 amide bonds. The summed E-state index contributed by atoms with van der Waals surface area (Å²) in [4.78, 5) is 26.8. The van der Waals surface area contributed by atoms with Gasteiger partial charge < -0.3 is 14.5 Å². The minimum atomic E-state index is -0.482. The van der Waals surface area contributed by atoms with Crippen LogP contribution in [0.15, 0.2) is 41.2 Å². The second kappa shape index (κ2) is 4.94. The van der Waals surface area contributed by atoms with Crippen molar-refractivity contribution in [3.63, 3.8) is 0 Å². The molecule has 0 bridgehead atoms. The number of aromatic nitrogens is 1. The maximum Gasteiger partial charge on any atom is 0.339 e. The Labute approximate surface area is 120 Å². The van der Waals surface area contributed by atoms with E-state index in [1.165, 1.54) is 7.11 Å². The van der Waals surface area contributed by atoms with Crippen LogP contribution in [-0.2, 0) is 4.74 Å². The van der Waals surface area contributed by atoms with Gasteiger partial charge >= 0.3 is 5.97 Å². The molecule has 0 unspecified atom stereocenters. The van der Waals surface area contributed by atoms with Gasteiger partial charge in [0.25, 0.3) is 5.56 Å². The lowest BCUT2D eigenvalue weighted by molar-refractivity contribution is 0.0603. The van der Waals surface area contributed by atoms with E-state index in [0.29, 0.717) is 22.2 Å². The van der Waals surface area contributed by atoms with Gasteiger partial charge in [-0.05, 0) is 29.7 Å². The summed E-state index contributed by atoms with van der Waals surface area (Å²) < 4.78 is 9.89. The molecule has 5 nitrogen and oxygen atoms in total. The third kappa shape index (κ3) is 2.03. The number of carbonyl (C=O) groups excluding carboxylic acids is 1. The van der Waals surface area contributed by atoms with Crippen molar-refractivity contribution in [2.45, 2.75) is 0 Å². The first-order chi connectivity index (χ1) is 10.2. The molecule has 1 aromatic heterocycles. The number of fused-ring (bicyclic) bond motifs is 3. The van der Waals surface area contributed by atoms with Crippen molar-refractivity contribution >= 4 is 27.6 Å². The van der Waals surface area contributed by atoms with Crippen LogP contribution in [0.2, 0.25) is 0 Å². The van der Waals surface area contributed by atoms with Crippen LogP contribution in [0.5, 0.6) is 5.75 Å². The number of para-hydroxylation sites is 1. The largest absolute Gasteiger partial charge is 0.497 e. The molecule has 2 aromatic carbocycles. The number of hydrogen-bond donors (Lipinski definition) is 1. The molecule has 0 atom stereocenters. The van der Waals surface area contributed by atoms with Gasteiger partial charge in [-0.2, -0.15) is 0 Å². The summed E-state index contributed by atoms with van der Waals surface area (Å²) in [6, 6.07) is 10.5. The molecule has 5 heteroatoms. The lowest BCUT2D eigenvalue weighted by Gasteiger charge is -2.08. The lowest BCUT2D eigenvalue weighted by atomic mass is 10.0. The number of nitrogens with one attached hydrogen (secondary N) is 1. The summed E-state index contributed by atoms with van der Waals surface area (Å²) in [6.07, 6.45) is 0. The Morgan fingerprint density at radius 1 is 1.05 bits per heavy atom. The molecule has 0 aliphatic rings. The lowest BCUT2D eigenvalue weighted by Crippen LogP contribution is -2.10. The molecule has 3 rings (SSSR count). The Balaban J connectivity index is 2.46. The Morgan fingerprint density at radius 3 is 2.57 bits per heavy atom. The van der Waals surface area contributed by atoms with E-state index in [1.807, 2.05) is 12.1 Å². The predicted octanol–water partition coefficient (Wildman–Crippen LogP) is 2.48.